The molecule has 0 saturated carbocycles. The van der Waals surface area contributed by atoms with Gasteiger partial charge in [0.15, 0.2) is 10.8 Å². The van der Waals surface area contributed by atoms with E-state index in [2.05, 4.69) is 20.4 Å². The summed E-state index contributed by atoms with van der Waals surface area (Å²) in [6.07, 6.45) is 4.74. The van der Waals surface area contributed by atoms with Gasteiger partial charge < -0.3 is 9.73 Å². The fourth-order valence-electron chi connectivity index (χ4n) is 2.54. The Kier molecular flexibility index (Phi) is 4.75. The van der Waals surface area contributed by atoms with Gasteiger partial charge in [-0.3, -0.25) is 9.78 Å². The van der Waals surface area contributed by atoms with Crippen molar-refractivity contribution in [2.24, 2.45) is 0 Å². The average Bonchev–Trinajstić information content (AvgIpc) is 3.35. The van der Waals surface area contributed by atoms with E-state index in [1.54, 1.807) is 24.8 Å². The van der Waals surface area contributed by atoms with Crippen molar-refractivity contribution in [2.45, 2.75) is 11.7 Å². The van der Waals surface area contributed by atoms with Gasteiger partial charge in [0.25, 0.3) is 0 Å². The van der Waals surface area contributed by atoms with E-state index in [4.69, 9.17) is 4.42 Å². The Bertz CT molecular complexity index is 1120. The first-order valence-corrected chi connectivity index (χ1v) is 9.13. The quantitative estimate of drug-likeness (QED) is 0.496. The first kappa shape index (κ1) is 17.1. The molecule has 8 nitrogen and oxygen atoms in total. The summed E-state index contributed by atoms with van der Waals surface area (Å²) >= 11 is 1.16. The Labute approximate surface area is 157 Å². The molecule has 1 amide bonds. The molecule has 3 aromatic heterocycles. The minimum absolute atomic E-state index is 0.131. The number of rotatable bonds is 6. The van der Waals surface area contributed by atoms with Gasteiger partial charge in [0, 0.05) is 17.7 Å². The van der Waals surface area contributed by atoms with E-state index in [-0.39, 0.29) is 11.7 Å². The van der Waals surface area contributed by atoms with Crippen molar-refractivity contribution in [1.82, 2.24) is 24.9 Å². The first-order valence-electron chi connectivity index (χ1n) is 8.15. The summed E-state index contributed by atoms with van der Waals surface area (Å²) in [6, 6.07) is 11.4. The molecule has 27 heavy (non-hydrogen) atoms. The lowest BCUT2D eigenvalue weighted by atomic mass is 10.1. The number of nitrogens with zero attached hydrogens (tertiary/aromatic N) is 3. The molecular weight excluding hydrogens is 366 g/mol. The summed E-state index contributed by atoms with van der Waals surface area (Å²) in [5.41, 5.74) is 2.61. The van der Waals surface area contributed by atoms with Crippen LogP contribution in [0.25, 0.3) is 16.8 Å². The molecule has 0 atom stereocenters. The molecule has 0 fully saturated rings. The van der Waals surface area contributed by atoms with Crippen molar-refractivity contribution in [3.05, 3.63) is 71.2 Å². The van der Waals surface area contributed by atoms with Crippen molar-refractivity contribution in [2.75, 3.05) is 5.75 Å². The number of amides is 1. The second-order valence-corrected chi connectivity index (χ2v) is 6.67. The van der Waals surface area contributed by atoms with E-state index in [1.807, 2.05) is 30.3 Å². The third kappa shape index (κ3) is 3.77. The zero-order valence-electron chi connectivity index (χ0n) is 14.1. The van der Waals surface area contributed by atoms with Crippen molar-refractivity contribution in [3.63, 3.8) is 0 Å². The summed E-state index contributed by atoms with van der Waals surface area (Å²) in [6.45, 7) is 0.389. The Morgan fingerprint density at radius 3 is 2.89 bits per heavy atom. The highest BCUT2D eigenvalue weighted by molar-refractivity contribution is 7.99. The van der Waals surface area contributed by atoms with Gasteiger partial charge in [0.2, 0.25) is 5.91 Å². The minimum atomic E-state index is -0.400. The van der Waals surface area contributed by atoms with Gasteiger partial charge in [-0.1, -0.05) is 42.1 Å². The van der Waals surface area contributed by atoms with E-state index in [0.717, 1.165) is 28.5 Å². The maximum absolute atomic E-state index is 12.3. The van der Waals surface area contributed by atoms with Crippen molar-refractivity contribution >= 4 is 23.3 Å². The van der Waals surface area contributed by atoms with Crippen LogP contribution < -0.4 is 11.0 Å². The van der Waals surface area contributed by atoms with Crippen LogP contribution in [0.3, 0.4) is 0 Å². The van der Waals surface area contributed by atoms with Gasteiger partial charge in [-0.15, -0.1) is 0 Å². The number of hydrogen-bond acceptors (Lipinski definition) is 6. The van der Waals surface area contributed by atoms with Gasteiger partial charge in [0.1, 0.15) is 0 Å². The number of thioether (sulfide) groups is 1. The second-order valence-electron chi connectivity index (χ2n) is 5.70. The molecule has 0 radical (unpaired) electrons. The average molecular weight is 381 g/mol. The number of aromatic amines is 1. The Hall–Kier alpha value is -3.33. The molecule has 0 aliphatic rings. The van der Waals surface area contributed by atoms with E-state index in [0.29, 0.717) is 17.3 Å². The van der Waals surface area contributed by atoms with E-state index >= 15 is 0 Å². The molecule has 136 valence electrons. The number of nitrogens with one attached hydrogen (secondary N) is 2. The fraction of sp³-hybridized carbons (Fsp3) is 0.111. The smallest absolute Gasteiger partial charge is 0.350 e. The molecule has 0 saturated heterocycles. The Balaban J connectivity index is 1.50. The molecule has 0 aliphatic carbocycles. The van der Waals surface area contributed by atoms with Crippen LogP contribution >= 0.6 is 11.8 Å². The van der Waals surface area contributed by atoms with E-state index in [9.17, 15) is 9.59 Å². The number of hydrogen-bond donors (Lipinski definition) is 2. The van der Waals surface area contributed by atoms with Crippen molar-refractivity contribution in [1.29, 1.82) is 0 Å². The summed E-state index contributed by atoms with van der Waals surface area (Å²) < 4.78 is 6.17. The third-order valence-corrected chi connectivity index (χ3v) is 4.73. The van der Waals surface area contributed by atoms with E-state index in [1.165, 1.54) is 4.52 Å². The highest BCUT2D eigenvalue weighted by atomic mass is 32.2. The van der Waals surface area contributed by atoms with Gasteiger partial charge in [-0.2, -0.15) is 9.61 Å². The number of benzene rings is 1. The molecule has 4 rings (SSSR count). The second kappa shape index (κ2) is 7.50. The van der Waals surface area contributed by atoms with E-state index < -0.39 is 5.69 Å². The number of carbonyl (C=O) groups is 1. The monoisotopic (exact) mass is 381 g/mol. The molecule has 0 aliphatic heterocycles. The van der Waals surface area contributed by atoms with Crippen LogP contribution in [0.2, 0.25) is 0 Å². The summed E-state index contributed by atoms with van der Waals surface area (Å²) in [5.74, 6) is -0.0355. The van der Waals surface area contributed by atoms with Crippen molar-refractivity contribution in [3.8, 4) is 11.1 Å². The molecule has 1 aromatic carbocycles. The first-order chi connectivity index (χ1) is 13.2. The molecule has 0 spiro atoms. The number of aromatic nitrogens is 4. The van der Waals surface area contributed by atoms with Gasteiger partial charge in [-0.25, -0.2) is 9.78 Å². The lowest BCUT2D eigenvalue weighted by Crippen LogP contribution is -2.25. The Morgan fingerprint density at radius 2 is 2.11 bits per heavy atom. The van der Waals surface area contributed by atoms with Crippen LogP contribution in [0.1, 0.15) is 5.56 Å². The normalized spacial score (nSPS) is 11.0. The topological polar surface area (TPSA) is 105 Å². The summed E-state index contributed by atoms with van der Waals surface area (Å²) in [7, 11) is 0. The number of carbonyl (C=O) groups excluding carboxylic acids is 1. The van der Waals surface area contributed by atoms with Gasteiger partial charge >= 0.3 is 5.69 Å². The van der Waals surface area contributed by atoms with Crippen LogP contribution in [0.15, 0.2) is 69.5 Å². The fourth-order valence-corrected chi connectivity index (χ4v) is 3.22. The maximum atomic E-state index is 12.3. The summed E-state index contributed by atoms with van der Waals surface area (Å²) in [4.78, 5) is 31.4. The van der Waals surface area contributed by atoms with Crippen LogP contribution in [0, 0.1) is 0 Å². The van der Waals surface area contributed by atoms with Gasteiger partial charge in [0.05, 0.1) is 24.5 Å². The van der Waals surface area contributed by atoms with Crippen LogP contribution in [0.5, 0.6) is 0 Å². The predicted octanol–water partition coefficient (Wildman–Crippen LogP) is 2.09. The molecular formula is C18H15N5O3S. The van der Waals surface area contributed by atoms with Crippen LogP contribution in [0.4, 0.5) is 0 Å². The lowest BCUT2D eigenvalue weighted by Gasteiger charge is -2.04. The van der Waals surface area contributed by atoms with Crippen LogP contribution in [-0.4, -0.2) is 31.2 Å². The predicted molar refractivity (Wildman–Crippen MR) is 100 cm³/mol. The lowest BCUT2D eigenvalue weighted by molar-refractivity contribution is -0.118. The highest BCUT2D eigenvalue weighted by Gasteiger charge is 2.13. The third-order valence-electron chi connectivity index (χ3n) is 3.85. The highest BCUT2D eigenvalue weighted by Crippen LogP contribution is 2.23. The molecule has 9 heteroatoms. The standard InChI is InChI=1S/C18H15N5O3S/c24-15(19-8-12-6-7-26-10-12)11-27-17-21-16-14(13-4-2-1-3-5-13)9-20-23(16)18(25)22-17/h1-7,9-10H,8,11H2,(H,19,24)(H,21,22,25). The SMILES string of the molecule is O=C(CSc1nc2c(-c3ccccc3)cnn2c(=O)[nH]1)NCc1ccoc1. The molecule has 4 aromatic rings. The number of furan rings is 1. The minimum Gasteiger partial charge on any atom is -0.472 e. The largest absolute Gasteiger partial charge is 0.472 e. The van der Waals surface area contributed by atoms with Gasteiger partial charge in [-0.05, 0) is 11.6 Å². The molecule has 0 bridgehead atoms. The number of H-pyrrole nitrogens is 1. The summed E-state index contributed by atoms with van der Waals surface area (Å²) in [5, 5.41) is 7.25. The molecule has 3 heterocycles. The molecule has 2 N–H and O–H groups in total. The maximum Gasteiger partial charge on any atom is 0.350 e. The molecule has 0 unspecified atom stereocenters. The zero-order chi connectivity index (χ0) is 18.6. The van der Waals surface area contributed by atoms with Crippen LogP contribution in [-0.2, 0) is 11.3 Å². The number of fused-ring (bicyclic) bond motifs is 1. The Morgan fingerprint density at radius 1 is 1.26 bits per heavy atom. The van der Waals surface area contributed by atoms with Crippen molar-refractivity contribution < 1.29 is 9.21 Å². The zero-order valence-corrected chi connectivity index (χ0v) is 14.9.